The van der Waals surface area contributed by atoms with Crippen LogP contribution in [0.1, 0.15) is 35.9 Å². The van der Waals surface area contributed by atoms with Gasteiger partial charge in [0.15, 0.2) is 10.9 Å². The number of hydrogen-bond acceptors (Lipinski definition) is 5. The highest BCUT2D eigenvalue weighted by atomic mass is 32.1. The van der Waals surface area contributed by atoms with Crippen LogP contribution in [0.5, 0.6) is 0 Å². The van der Waals surface area contributed by atoms with E-state index in [0.717, 1.165) is 19.3 Å². The summed E-state index contributed by atoms with van der Waals surface area (Å²) in [5, 5.41) is 3.23. The van der Waals surface area contributed by atoms with Gasteiger partial charge in [-0.2, -0.15) is 0 Å². The van der Waals surface area contributed by atoms with E-state index < -0.39 is 0 Å². The van der Waals surface area contributed by atoms with E-state index in [1.54, 1.807) is 0 Å². The van der Waals surface area contributed by atoms with Gasteiger partial charge in [-0.05, 0) is 19.3 Å². The maximum Gasteiger partial charge on any atom is 0.229 e. The Labute approximate surface area is 103 Å². The van der Waals surface area contributed by atoms with Gasteiger partial charge in [-0.1, -0.05) is 11.3 Å². The molecule has 0 bridgehead atoms. The lowest BCUT2D eigenvalue weighted by molar-refractivity contribution is -0.119. The Kier molecular flexibility index (Phi) is 3.54. The molecule has 1 fully saturated rings. The summed E-state index contributed by atoms with van der Waals surface area (Å²) < 4.78 is 0. The standard InChI is InChI=1S/C11H15N3O2S/c1-6(15)9-5-13-11(17-9)14-10(16)7-2-3-8(12)4-7/h5,7-8H,2-4,12H2,1H3,(H,13,14,16). The van der Waals surface area contributed by atoms with Crippen LogP contribution in [0, 0.1) is 5.92 Å². The summed E-state index contributed by atoms with van der Waals surface area (Å²) >= 11 is 1.21. The molecule has 2 rings (SSSR count). The van der Waals surface area contributed by atoms with Gasteiger partial charge < -0.3 is 11.1 Å². The SMILES string of the molecule is CC(=O)c1cnc(NC(=O)C2CCC(N)C2)s1. The number of ketones is 1. The van der Waals surface area contributed by atoms with Crippen molar-refractivity contribution in [2.75, 3.05) is 5.32 Å². The molecule has 2 atom stereocenters. The molecule has 0 aromatic carbocycles. The van der Waals surface area contributed by atoms with E-state index in [-0.39, 0.29) is 23.7 Å². The average molecular weight is 253 g/mol. The highest BCUT2D eigenvalue weighted by Gasteiger charge is 2.28. The summed E-state index contributed by atoms with van der Waals surface area (Å²) in [6.45, 7) is 1.48. The smallest absolute Gasteiger partial charge is 0.229 e. The van der Waals surface area contributed by atoms with Crippen molar-refractivity contribution in [2.24, 2.45) is 11.7 Å². The third kappa shape index (κ3) is 2.89. The summed E-state index contributed by atoms with van der Waals surface area (Å²) in [6, 6.07) is 0.134. The average Bonchev–Trinajstić information content (AvgIpc) is 2.86. The van der Waals surface area contributed by atoms with Crippen molar-refractivity contribution in [1.82, 2.24) is 4.98 Å². The van der Waals surface area contributed by atoms with E-state index in [1.165, 1.54) is 24.5 Å². The molecule has 92 valence electrons. The van der Waals surface area contributed by atoms with Crippen molar-refractivity contribution in [3.8, 4) is 0 Å². The number of carbonyl (C=O) groups is 2. The van der Waals surface area contributed by atoms with E-state index in [1.807, 2.05) is 0 Å². The van der Waals surface area contributed by atoms with Crippen LogP contribution in [0.2, 0.25) is 0 Å². The van der Waals surface area contributed by atoms with Gasteiger partial charge >= 0.3 is 0 Å². The molecule has 0 saturated heterocycles. The van der Waals surface area contributed by atoms with Crippen LogP contribution >= 0.6 is 11.3 Å². The van der Waals surface area contributed by atoms with Crippen LogP contribution in [0.4, 0.5) is 5.13 Å². The highest BCUT2D eigenvalue weighted by molar-refractivity contribution is 7.17. The van der Waals surface area contributed by atoms with Crippen molar-refractivity contribution in [1.29, 1.82) is 0 Å². The quantitative estimate of drug-likeness (QED) is 0.798. The molecule has 2 unspecified atom stereocenters. The van der Waals surface area contributed by atoms with E-state index in [4.69, 9.17) is 5.73 Å². The monoisotopic (exact) mass is 253 g/mol. The van der Waals surface area contributed by atoms with Gasteiger partial charge in [-0.15, -0.1) is 0 Å². The Hall–Kier alpha value is -1.27. The molecule has 1 amide bonds. The first-order valence-corrected chi connectivity index (χ1v) is 6.41. The number of hydrogen-bond donors (Lipinski definition) is 2. The van der Waals surface area contributed by atoms with Crippen LogP contribution in [0.15, 0.2) is 6.20 Å². The molecule has 1 aliphatic rings. The molecule has 0 radical (unpaired) electrons. The van der Waals surface area contributed by atoms with Gasteiger partial charge in [-0.25, -0.2) is 4.98 Å². The number of amides is 1. The molecule has 0 aliphatic heterocycles. The lowest BCUT2D eigenvalue weighted by atomic mass is 10.1. The van der Waals surface area contributed by atoms with Crippen molar-refractivity contribution in [3.05, 3.63) is 11.1 Å². The van der Waals surface area contributed by atoms with Crippen molar-refractivity contribution in [2.45, 2.75) is 32.2 Å². The summed E-state index contributed by atoms with van der Waals surface area (Å²) in [7, 11) is 0. The van der Waals surface area contributed by atoms with Crippen molar-refractivity contribution in [3.63, 3.8) is 0 Å². The largest absolute Gasteiger partial charge is 0.328 e. The van der Waals surface area contributed by atoms with Crippen LogP contribution in [0.25, 0.3) is 0 Å². The second kappa shape index (κ2) is 4.93. The maximum absolute atomic E-state index is 11.9. The zero-order valence-corrected chi connectivity index (χ0v) is 10.4. The van der Waals surface area contributed by atoms with Crippen LogP contribution in [0.3, 0.4) is 0 Å². The lowest BCUT2D eigenvalue weighted by Crippen LogP contribution is -2.23. The Morgan fingerprint density at radius 3 is 2.82 bits per heavy atom. The molecular formula is C11H15N3O2S. The predicted molar refractivity (Wildman–Crippen MR) is 66.1 cm³/mol. The Morgan fingerprint density at radius 2 is 2.29 bits per heavy atom. The fraction of sp³-hybridized carbons (Fsp3) is 0.545. The third-order valence-electron chi connectivity index (χ3n) is 2.93. The first-order valence-electron chi connectivity index (χ1n) is 5.59. The minimum Gasteiger partial charge on any atom is -0.328 e. The molecule has 1 aliphatic carbocycles. The maximum atomic E-state index is 11.9. The Morgan fingerprint density at radius 1 is 1.53 bits per heavy atom. The third-order valence-corrected chi connectivity index (χ3v) is 3.94. The van der Waals surface area contributed by atoms with Crippen molar-refractivity contribution >= 4 is 28.2 Å². The minimum atomic E-state index is -0.0394. The van der Waals surface area contributed by atoms with Gasteiger partial charge in [0.2, 0.25) is 5.91 Å². The number of nitrogens with one attached hydrogen (secondary N) is 1. The second-order valence-corrected chi connectivity index (χ2v) is 5.38. The summed E-state index contributed by atoms with van der Waals surface area (Å²) in [5.74, 6) is -0.0945. The molecule has 1 heterocycles. The molecule has 1 saturated carbocycles. The van der Waals surface area contributed by atoms with Crippen LogP contribution in [-0.4, -0.2) is 22.7 Å². The topological polar surface area (TPSA) is 85.1 Å². The summed E-state index contributed by atoms with van der Waals surface area (Å²) in [4.78, 5) is 27.5. The minimum absolute atomic E-state index is 0.0188. The van der Waals surface area contributed by atoms with Crippen LogP contribution in [-0.2, 0) is 4.79 Å². The molecule has 3 N–H and O–H groups in total. The molecule has 5 nitrogen and oxygen atoms in total. The molecular weight excluding hydrogens is 238 g/mol. The molecule has 6 heteroatoms. The zero-order chi connectivity index (χ0) is 12.4. The Balaban J connectivity index is 1.96. The molecule has 1 aromatic rings. The number of Topliss-reactive ketones (excluding diaryl/α,β-unsaturated/α-hetero) is 1. The van der Waals surface area contributed by atoms with E-state index in [0.29, 0.717) is 10.0 Å². The first kappa shape index (κ1) is 12.2. The van der Waals surface area contributed by atoms with E-state index >= 15 is 0 Å². The lowest BCUT2D eigenvalue weighted by Gasteiger charge is -2.07. The second-order valence-electron chi connectivity index (χ2n) is 4.35. The first-order chi connectivity index (χ1) is 8.06. The predicted octanol–water partition coefficient (Wildman–Crippen LogP) is 1.41. The van der Waals surface area contributed by atoms with Crippen LogP contribution < -0.4 is 11.1 Å². The number of rotatable bonds is 3. The summed E-state index contributed by atoms with van der Waals surface area (Å²) in [5.41, 5.74) is 5.76. The van der Waals surface area contributed by atoms with Crippen molar-refractivity contribution < 1.29 is 9.59 Å². The van der Waals surface area contributed by atoms with Gasteiger partial charge in [-0.3, -0.25) is 9.59 Å². The van der Waals surface area contributed by atoms with Gasteiger partial charge in [0.1, 0.15) is 0 Å². The zero-order valence-electron chi connectivity index (χ0n) is 9.60. The highest BCUT2D eigenvalue weighted by Crippen LogP contribution is 2.26. The number of nitrogens with two attached hydrogens (primary N) is 1. The Bertz CT molecular complexity index is 444. The fourth-order valence-corrected chi connectivity index (χ4v) is 2.67. The molecule has 0 spiro atoms. The fourth-order valence-electron chi connectivity index (χ4n) is 1.96. The number of nitrogens with zero attached hydrogens (tertiary/aromatic N) is 1. The summed E-state index contributed by atoms with van der Waals surface area (Å²) in [6.07, 6.45) is 3.95. The number of anilines is 1. The van der Waals surface area contributed by atoms with Gasteiger partial charge in [0, 0.05) is 18.9 Å². The number of carbonyl (C=O) groups excluding carboxylic acids is 2. The number of thiazole rings is 1. The number of aromatic nitrogens is 1. The molecule has 17 heavy (non-hydrogen) atoms. The van der Waals surface area contributed by atoms with Gasteiger partial charge in [0.25, 0.3) is 0 Å². The van der Waals surface area contributed by atoms with E-state index in [2.05, 4.69) is 10.3 Å². The normalized spacial score (nSPS) is 23.6. The molecule has 1 aromatic heterocycles. The van der Waals surface area contributed by atoms with Gasteiger partial charge in [0.05, 0.1) is 11.1 Å². The van der Waals surface area contributed by atoms with E-state index in [9.17, 15) is 9.59 Å².